The third kappa shape index (κ3) is 3.23. The van der Waals surface area contributed by atoms with Crippen molar-refractivity contribution in [3.8, 4) is 11.3 Å². The first kappa shape index (κ1) is 16.1. The Balaban J connectivity index is 1.55. The lowest BCUT2D eigenvalue weighted by molar-refractivity contribution is 0.390. The normalized spacial score (nSPS) is 11.1. The van der Waals surface area contributed by atoms with Crippen LogP contribution in [0.15, 0.2) is 47.2 Å². The van der Waals surface area contributed by atoms with Gasteiger partial charge in [0, 0.05) is 16.5 Å². The van der Waals surface area contributed by atoms with Gasteiger partial charge in [0.25, 0.3) is 0 Å². The van der Waals surface area contributed by atoms with Gasteiger partial charge >= 0.3 is 0 Å². The monoisotopic (exact) mass is 370 g/mol. The first-order chi connectivity index (χ1) is 12.2. The van der Waals surface area contributed by atoms with Crippen LogP contribution < -0.4 is 5.32 Å². The summed E-state index contributed by atoms with van der Waals surface area (Å²) >= 11 is 7.90. The van der Waals surface area contributed by atoms with E-state index in [1.165, 1.54) is 4.88 Å². The zero-order chi connectivity index (χ0) is 17.2. The Bertz CT molecular complexity index is 1030. The number of thiophene rings is 1. The molecule has 25 heavy (non-hydrogen) atoms. The number of hydrogen-bond acceptors (Lipinski definition) is 6. The molecule has 0 bridgehead atoms. The summed E-state index contributed by atoms with van der Waals surface area (Å²) in [5.41, 5.74) is 1.58. The van der Waals surface area contributed by atoms with Crippen LogP contribution in [0.3, 0.4) is 0 Å². The molecule has 4 aromatic rings. The van der Waals surface area contributed by atoms with Crippen molar-refractivity contribution >= 4 is 39.0 Å². The van der Waals surface area contributed by atoms with Crippen LogP contribution in [-0.2, 0) is 13.0 Å². The standard InChI is InChI=1S/C18H15ClN4OS/c1-2-12-8-14-17(21-10-22-18(14)25-12)20-9-11-7-16(23-24-11)13-5-3-4-6-15(13)19/h3-8,10H,2,9H2,1H3,(H,20,21,22). The molecular formula is C18H15ClN4OS. The molecule has 5 nitrogen and oxygen atoms in total. The molecule has 0 saturated heterocycles. The molecule has 0 aliphatic carbocycles. The van der Waals surface area contributed by atoms with Crippen LogP contribution in [-0.4, -0.2) is 15.1 Å². The lowest BCUT2D eigenvalue weighted by Crippen LogP contribution is -2.00. The molecule has 0 amide bonds. The summed E-state index contributed by atoms with van der Waals surface area (Å²) in [6.07, 6.45) is 2.57. The van der Waals surface area contributed by atoms with E-state index in [4.69, 9.17) is 16.1 Å². The van der Waals surface area contributed by atoms with Crippen molar-refractivity contribution in [2.45, 2.75) is 19.9 Å². The molecule has 0 atom stereocenters. The molecule has 126 valence electrons. The van der Waals surface area contributed by atoms with Crippen molar-refractivity contribution in [2.75, 3.05) is 5.32 Å². The fraction of sp³-hybridized carbons (Fsp3) is 0.167. The molecule has 3 heterocycles. The number of fused-ring (bicyclic) bond motifs is 1. The van der Waals surface area contributed by atoms with Crippen molar-refractivity contribution in [1.29, 1.82) is 0 Å². The molecule has 0 unspecified atom stereocenters. The summed E-state index contributed by atoms with van der Waals surface area (Å²) < 4.78 is 5.42. The summed E-state index contributed by atoms with van der Waals surface area (Å²) in [5.74, 6) is 1.52. The largest absolute Gasteiger partial charge is 0.362 e. The molecule has 1 N–H and O–H groups in total. The van der Waals surface area contributed by atoms with E-state index in [2.05, 4.69) is 33.4 Å². The fourth-order valence-electron chi connectivity index (χ4n) is 2.58. The van der Waals surface area contributed by atoms with Crippen LogP contribution in [0.4, 0.5) is 5.82 Å². The highest BCUT2D eigenvalue weighted by molar-refractivity contribution is 7.18. The molecule has 0 saturated carbocycles. The minimum Gasteiger partial charge on any atom is -0.362 e. The van der Waals surface area contributed by atoms with Gasteiger partial charge in [0.1, 0.15) is 22.7 Å². The average molecular weight is 371 g/mol. The number of anilines is 1. The van der Waals surface area contributed by atoms with Crippen LogP contribution in [0.5, 0.6) is 0 Å². The zero-order valence-electron chi connectivity index (χ0n) is 13.5. The predicted molar refractivity (Wildman–Crippen MR) is 101 cm³/mol. The van der Waals surface area contributed by atoms with E-state index in [-0.39, 0.29) is 0 Å². The molecule has 7 heteroatoms. The van der Waals surface area contributed by atoms with Gasteiger partial charge in [0.15, 0.2) is 5.76 Å². The Hall–Kier alpha value is -2.44. The number of aryl methyl sites for hydroxylation is 1. The van der Waals surface area contributed by atoms with Gasteiger partial charge in [-0.25, -0.2) is 9.97 Å². The minimum absolute atomic E-state index is 0.487. The first-order valence-corrected chi connectivity index (χ1v) is 9.12. The van der Waals surface area contributed by atoms with E-state index in [9.17, 15) is 0 Å². The Labute approximate surface area is 153 Å². The SMILES string of the molecule is CCc1cc2c(NCc3cc(-c4ccccc4Cl)no3)ncnc2s1. The van der Waals surface area contributed by atoms with E-state index in [0.29, 0.717) is 17.3 Å². The lowest BCUT2D eigenvalue weighted by atomic mass is 10.1. The molecule has 1 aromatic carbocycles. The Morgan fingerprint density at radius 3 is 2.92 bits per heavy atom. The van der Waals surface area contributed by atoms with E-state index in [1.54, 1.807) is 17.7 Å². The number of benzene rings is 1. The molecule has 0 radical (unpaired) electrons. The van der Waals surface area contributed by atoms with Gasteiger partial charge in [-0.2, -0.15) is 0 Å². The van der Waals surface area contributed by atoms with Gasteiger partial charge in [-0.1, -0.05) is 41.9 Å². The van der Waals surface area contributed by atoms with Crippen LogP contribution >= 0.6 is 22.9 Å². The summed E-state index contributed by atoms with van der Waals surface area (Å²) in [6.45, 7) is 2.62. The molecule has 4 rings (SSSR count). The van der Waals surface area contributed by atoms with Crippen molar-refractivity contribution in [2.24, 2.45) is 0 Å². The van der Waals surface area contributed by atoms with Gasteiger partial charge in [0.2, 0.25) is 0 Å². The third-order valence-electron chi connectivity index (χ3n) is 3.87. The molecular weight excluding hydrogens is 356 g/mol. The maximum atomic E-state index is 6.21. The second-order valence-electron chi connectivity index (χ2n) is 5.52. The highest BCUT2D eigenvalue weighted by Gasteiger charge is 2.11. The van der Waals surface area contributed by atoms with E-state index in [1.807, 2.05) is 30.3 Å². The average Bonchev–Trinajstić information content (AvgIpc) is 3.27. The second-order valence-corrected chi connectivity index (χ2v) is 7.04. The minimum atomic E-state index is 0.487. The predicted octanol–water partition coefficient (Wildman–Crippen LogP) is 5.17. The fourth-order valence-corrected chi connectivity index (χ4v) is 3.75. The number of hydrogen-bond donors (Lipinski definition) is 1. The third-order valence-corrected chi connectivity index (χ3v) is 5.38. The Morgan fingerprint density at radius 1 is 1.20 bits per heavy atom. The van der Waals surface area contributed by atoms with Crippen molar-refractivity contribution in [3.05, 3.63) is 58.4 Å². The Kier molecular flexibility index (Phi) is 4.38. The summed E-state index contributed by atoms with van der Waals surface area (Å²) in [4.78, 5) is 11.0. The maximum Gasteiger partial charge on any atom is 0.156 e. The topological polar surface area (TPSA) is 63.8 Å². The van der Waals surface area contributed by atoms with Crippen LogP contribution in [0.2, 0.25) is 5.02 Å². The number of aromatic nitrogens is 3. The van der Waals surface area contributed by atoms with E-state index >= 15 is 0 Å². The number of nitrogens with one attached hydrogen (secondary N) is 1. The van der Waals surface area contributed by atoms with Gasteiger partial charge in [-0.05, 0) is 18.6 Å². The summed E-state index contributed by atoms with van der Waals surface area (Å²) in [5, 5.41) is 9.11. The van der Waals surface area contributed by atoms with Crippen molar-refractivity contribution in [1.82, 2.24) is 15.1 Å². The van der Waals surface area contributed by atoms with Gasteiger partial charge in [-0.15, -0.1) is 11.3 Å². The van der Waals surface area contributed by atoms with Gasteiger partial charge < -0.3 is 9.84 Å². The Morgan fingerprint density at radius 2 is 2.08 bits per heavy atom. The summed E-state index contributed by atoms with van der Waals surface area (Å²) in [7, 11) is 0. The van der Waals surface area contributed by atoms with Crippen LogP contribution in [0, 0.1) is 0 Å². The van der Waals surface area contributed by atoms with Crippen molar-refractivity contribution < 1.29 is 4.52 Å². The molecule has 0 fully saturated rings. The molecule has 0 aliphatic heterocycles. The summed E-state index contributed by atoms with van der Waals surface area (Å²) in [6, 6.07) is 11.6. The van der Waals surface area contributed by atoms with Gasteiger partial charge in [-0.3, -0.25) is 0 Å². The zero-order valence-corrected chi connectivity index (χ0v) is 15.1. The van der Waals surface area contributed by atoms with Crippen LogP contribution in [0.1, 0.15) is 17.6 Å². The lowest BCUT2D eigenvalue weighted by Gasteiger charge is -2.03. The highest BCUT2D eigenvalue weighted by atomic mass is 35.5. The smallest absolute Gasteiger partial charge is 0.156 e. The molecule has 3 aromatic heterocycles. The molecule has 0 spiro atoms. The second kappa shape index (κ2) is 6.82. The van der Waals surface area contributed by atoms with E-state index < -0.39 is 0 Å². The number of halogens is 1. The maximum absolute atomic E-state index is 6.21. The van der Waals surface area contributed by atoms with Gasteiger partial charge in [0.05, 0.1) is 17.0 Å². The molecule has 0 aliphatic rings. The quantitative estimate of drug-likeness (QED) is 0.524. The van der Waals surface area contributed by atoms with E-state index in [0.717, 1.165) is 33.7 Å². The van der Waals surface area contributed by atoms with Crippen molar-refractivity contribution in [3.63, 3.8) is 0 Å². The van der Waals surface area contributed by atoms with Crippen LogP contribution in [0.25, 0.3) is 21.5 Å². The number of rotatable bonds is 5. The number of nitrogens with zero attached hydrogens (tertiary/aromatic N) is 3. The highest BCUT2D eigenvalue weighted by Crippen LogP contribution is 2.30. The first-order valence-electron chi connectivity index (χ1n) is 7.92.